The van der Waals surface area contributed by atoms with Crippen molar-refractivity contribution < 1.29 is 17.6 Å². The summed E-state index contributed by atoms with van der Waals surface area (Å²) in [6.45, 7) is 0. The van der Waals surface area contributed by atoms with Crippen LogP contribution in [0, 0.1) is 5.82 Å². The second-order valence-electron chi connectivity index (χ2n) is 5.20. The molecule has 0 radical (unpaired) electrons. The zero-order valence-corrected chi connectivity index (χ0v) is 12.7. The molecule has 0 bridgehead atoms. The molecule has 0 aliphatic carbocycles. The SMILES string of the molecule is Cn1nc(C(=O)Nc2ccc(F)cc2)c2c1CCS(=O)(=O)C2. The van der Waals surface area contributed by atoms with E-state index < -0.39 is 21.6 Å². The lowest BCUT2D eigenvalue weighted by molar-refractivity contribution is 0.102. The number of rotatable bonds is 2. The Kier molecular flexibility index (Phi) is 3.48. The van der Waals surface area contributed by atoms with Crippen LogP contribution in [0.5, 0.6) is 0 Å². The molecule has 116 valence electrons. The van der Waals surface area contributed by atoms with Crippen molar-refractivity contribution in [3.63, 3.8) is 0 Å². The van der Waals surface area contributed by atoms with Crippen LogP contribution in [0.15, 0.2) is 24.3 Å². The monoisotopic (exact) mass is 323 g/mol. The smallest absolute Gasteiger partial charge is 0.276 e. The lowest BCUT2D eigenvalue weighted by Crippen LogP contribution is -2.22. The molecule has 1 aromatic carbocycles. The molecule has 0 saturated carbocycles. The first-order chi connectivity index (χ1) is 10.4. The van der Waals surface area contributed by atoms with Crippen molar-refractivity contribution in [2.45, 2.75) is 12.2 Å². The Balaban J connectivity index is 1.92. The number of carbonyl (C=O) groups is 1. The summed E-state index contributed by atoms with van der Waals surface area (Å²) in [5.74, 6) is -1.01. The number of nitrogens with zero attached hydrogens (tertiary/aromatic N) is 2. The van der Waals surface area contributed by atoms with Gasteiger partial charge in [-0.25, -0.2) is 12.8 Å². The molecule has 1 aliphatic heterocycles. The Morgan fingerprint density at radius 2 is 2.00 bits per heavy atom. The van der Waals surface area contributed by atoms with Crippen molar-refractivity contribution in [2.75, 3.05) is 11.1 Å². The number of hydrogen-bond donors (Lipinski definition) is 1. The molecule has 22 heavy (non-hydrogen) atoms. The van der Waals surface area contributed by atoms with Gasteiger partial charge in [0.25, 0.3) is 5.91 Å². The summed E-state index contributed by atoms with van der Waals surface area (Å²) >= 11 is 0. The lowest BCUT2D eigenvalue weighted by atomic mass is 10.1. The van der Waals surface area contributed by atoms with Gasteiger partial charge < -0.3 is 5.32 Å². The molecule has 1 amide bonds. The number of halogens is 1. The minimum atomic E-state index is -3.20. The molecule has 0 spiro atoms. The molecule has 1 N–H and O–H groups in total. The first kappa shape index (κ1) is 14.7. The molecule has 0 unspecified atom stereocenters. The number of aryl methyl sites for hydroxylation is 1. The zero-order valence-electron chi connectivity index (χ0n) is 11.8. The Labute approximate surface area is 126 Å². The van der Waals surface area contributed by atoms with Crippen LogP contribution < -0.4 is 5.32 Å². The highest BCUT2D eigenvalue weighted by Gasteiger charge is 2.30. The van der Waals surface area contributed by atoms with Crippen LogP contribution in [0.3, 0.4) is 0 Å². The standard InChI is InChI=1S/C14H14FN3O3S/c1-18-12-6-7-22(20,21)8-11(12)13(17-18)14(19)16-10-4-2-9(15)3-5-10/h2-5H,6-8H2,1H3,(H,16,19). The number of fused-ring (bicyclic) bond motifs is 1. The van der Waals surface area contributed by atoms with Crippen LogP contribution in [0.25, 0.3) is 0 Å². The fraction of sp³-hybridized carbons (Fsp3) is 0.286. The van der Waals surface area contributed by atoms with Crippen LogP contribution in [0.1, 0.15) is 21.7 Å². The average Bonchev–Trinajstić information content (AvgIpc) is 2.76. The Morgan fingerprint density at radius 3 is 2.68 bits per heavy atom. The highest BCUT2D eigenvalue weighted by Crippen LogP contribution is 2.24. The number of anilines is 1. The van der Waals surface area contributed by atoms with Gasteiger partial charge in [0.15, 0.2) is 15.5 Å². The van der Waals surface area contributed by atoms with Crippen LogP contribution in [-0.2, 0) is 29.1 Å². The fourth-order valence-electron chi connectivity index (χ4n) is 2.52. The van der Waals surface area contributed by atoms with E-state index in [4.69, 9.17) is 0 Å². The van der Waals surface area contributed by atoms with E-state index in [0.29, 0.717) is 17.7 Å². The third kappa shape index (κ3) is 2.74. The summed E-state index contributed by atoms with van der Waals surface area (Å²) in [7, 11) is -1.51. The Bertz CT molecular complexity index is 841. The molecular formula is C14H14FN3O3S. The molecule has 6 nitrogen and oxygen atoms in total. The van der Waals surface area contributed by atoms with Crippen LogP contribution in [0.4, 0.5) is 10.1 Å². The molecule has 1 aromatic heterocycles. The summed E-state index contributed by atoms with van der Waals surface area (Å²) in [6.07, 6.45) is 0.352. The fourth-order valence-corrected chi connectivity index (χ4v) is 3.91. The quantitative estimate of drug-likeness (QED) is 0.903. The van der Waals surface area contributed by atoms with E-state index >= 15 is 0 Å². The van der Waals surface area contributed by atoms with Gasteiger partial charge in [-0.2, -0.15) is 5.10 Å². The third-order valence-electron chi connectivity index (χ3n) is 3.61. The van der Waals surface area contributed by atoms with Gasteiger partial charge >= 0.3 is 0 Å². The molecule has 0 saturated heterocycles. The molecule has 2 heterocycles. The molecule has 8 heteroatoms. The van der Waals surface area contributed by atoms with Crippen molar-refractivity contribution in [3.05, 3.63) is 47.0 Å². The highest BCUT2D eigenvalue weighted by atomic mass is 32.2. The summed E-state index contributed by atoms with van der Waals surface area (Å²) < 4.78 is 38.0. The molecule has 1 aliphatic rings. The molecular weight excluding hydrogens is 309 g/mol. The predicted octanol–water partition coefficient (Wildman–Crippen LogP) is 1.28. The first-order valence-electron chi connectivity index (χ1n) is 6.68. The number of aromatic nitrogens is 2. The number of amides is 1. The normalized spacial score (nSPS) is 16.1. The second-order valence-corrected chi connectivity index (χ2v) is 7.38. The first-order valence-corrected chi connectivity index (χ1v) is 8.50. The molecule has 0 atom stereocenters. The number of benzene rings is 1. The van der Waals surface area contributed by atoms with Crippen LogP contribution in [0.2, 0.25) is 0 Å². The lowest BCUT2D eigenvalue weighted by Gasteiger charge is -2.13. The molecule has 2 aromatic rings. The van der Waals surface area contributed by atoms with Crippen molar-refractivity contribution in [2.24, 2.45) is 7.05 Å². The van der Waals surface area contributed by atoms with Crippen LogP contribution in [-0.4, -0.2) is 29.9 Å². The van der Waals surface area contributed by atoms with Crippen LogP contribution >= 0.6 is 0 Å². The van der Waals surface area contributed by atoms with E-state index in [-0.39, 0.29) is 17.2 Å². The van der Waals surface area contributed by atoms with Gasteiger partial charge in [0.1, 0.15) is 5.82 Å². The number of carbonyl (C=O) groups excluding carboxylic acids is 1. The Morgan fingerprint density at radius 1 is 1.32 bits per heavy atom. The van der Waals surface area contributed by atoms with Gasteiger partial charge in [-0.1, -0.05) is 0 Å². The number of nitrogens with one attached hydrogen (secondary N) is 1. The summed E-state index contributed by atoms with van der Waals surface area (Å²) in [6, 6.07) is 5.32. The van der Waals surface area contributed by atoms with E-state index in [1.165, 1.54) is 24.3 Å². The predicted molar refractivity (Wildman–Crippen MR) is 78.8 cm³/mol. The van der Waals surface area contributed by atoms with Gasteiger partial charge in [-0.3, -0.25) is 9.48 Å². The number of hydrogen-bond acceptors (Lipinski definition) is 4. The van der Waals surface area contributed by atoms with Crippen molar-refractivity contribution in [1.82, 2.24) is 9.78 Å². The average molecular weight is 323 g/mol. The Hall–Kier alpha value is -2.22. The third-order valence-corrected chi connectivity index (χ3v) is 5.16. The maximum Gasteiger partial charge on any atom is 0.276 e. The zero-order chi connectivity index (χ0) is 15.9. The highest BCUT2D eigenvalue weighted by molar-refractivity contribution is 7.90. The summed E-state index contributed by atoms with van der Waals surface area (Å²) in [4.78, 5) is 12.3. The summed E-state index contributed by atoms with van der Waals surface area (Å²) in [5, 5.41) is 6.74. The largest absolute Gasteiger partial charge is 0.321 e. The molecule has 0 fully saturated rings. The van der Waals surface area contributed by atoms with Gasteiger partial charge in [-0.05, 0) is 24.3 Å². The van der Waals surface area contributed by atoms with Gasteiger partial charge in [0.05, 0.1) is 11.5 Å². The van der Waals surface area contributed by atoms with E-state index in [1.54, 1.807) is 11.7 Å². The minimum absolute atomic E-state index is 0.0680. The van der Waals surface area contributed by atoms with Crippen molar-refractivity contribution >= 4 is 21.4 Å². The van der Waals surface area contributed by atoms with E-state index in [0.717, 1.165) is 5.69 Å². The van der Waals surface area contributed by atoms with Gasteiger partial charge in [0, 0.05) is 30.4 Å². The second kappa shape index (κ2) is 5.20. The molecule has 3 rings (SSSR count). The minimum Gasteiger partial charge on any atom is -0.321 e. The topological polar surface area (TPSA) is 81.1 Å². The maximum atomic E-state index is 12.9. The van der Waals surface area contributed by atoms with Crippen molar-refractivity contribution in [1.29, 1.82) is 0 Å². The summed E-state index contributed by atoms with van der Waals surface area (Å²) in [5.41, 5.74) is 1.74. The van der Waals surface area contributed by atoms with Gasteiger partial charge in [-0.15, -0.1) is 0 Å². The van der Waals surface area contributed by atoms with Crippen molar-refractivity contribution in [3.8, 4) is 0 Å². The van der Waals surface area contributed by atoms with E-state index in [1.807, 2.05) is 0 Å². The van der Waals surface area contributed by atoms with E-state index in [9.17, 15) is 17.6 Å². The number of sulfone groups is 1. The maximum absolute atomic E-state index is 12.9. The van der Waals surface area contributed by atoms with E-state index in [2.05, 4.69) is 10.4 Å². The van der Waals surface area contributed by atoms with Gasteiger partial charge in [0.2, 0.25) is 0 Å².